The molecule has 0 aromatic heterocycles. The van der Waals surface area contributed by atoms with Crippen molar-refractivity contribution < 1.29 is 0 Å². The molecule has 1 atom stereocenters. The van der Waals surface area contributed by atoms with E-state index in [-0.39, 0.29) is 0 Å². The largest absolute Gasteiger partial charge is 0.382 e. The van der Waals surface area contributed by atoms with Crippen LogP contribution in [0, 0.1) is 23.2 Å². The average Bonchev–Trinajstić information content (AvgIpc) is 2.46. The van der Waals surface area contributed by atoms with Crippen LogP contribution in [-0.4, -0.2) is 6.04 Å². The van der Waals surface area contributed by atoms with Gasteiger partial charge in [0.1, 0.15) is 0 Å². The van der Waals surface area contributed by atoms with E-state index in [1.165, 1.54) is 37.8 Å². The van der Waals surface area contributed by atoms with Gasteiger partial charge in [-0.3, -0.25) is 0 Å². The molecule has 0 saturated heterocycles. The van der Waals surface area contributed by atoms with Crippen molar-refractivity contribution in [2.24, 2.45) is 23.2 Å². The van der Waals surface area contributed by atoms with Crippen LogP contribution in [0.1, 0.15) is 58.3 Å². The van der Waals surface area contributed by atoms with Gasteiger partial charge in [-0.05, 0) is 86.7 Å². The van der Waals surface area contributed by atoms with Crippen molar-refractivity contribution in [3.63, 3.8) is 0 Å². The molecule has 1 aromatic rings. The van der Waals surface area contributed by atoms with Gasteiger partial charge in [0, 0.05) is 11.7 Å². The summed E-state index contributed by atoms with van der Waals surface area (Å²) in [5, 5.41) is 3.80. The van der Waals surface area contributed by atoms with Gasteiger partial charge in [0.15, 0.2) is 0 Å². The van der Waals surface area contributed by atoms with Crippen LogP contribution in [0.25, 0.3) is 0 Å². The maximum absolute atomic E-state index is 3.80. The maximum atomic E-state index is 3.80. The van der Waals surface area contributed by atoms with Gasteiger partial charge in [0.25, 0.3) is 0 Å². The summed E-state index contributed by atoms with van der Waals surface area (Å²) in [5.74, 6) is 3.22. The highest BCUT2D eigenvalue weighted by molar-refractivity contribution is 5.43. The summed E-state index contributed by atoms with van der Waals surface area (Å²) in [4.78, 5) is 0. The second-order valence-corrected chi connectivity index (χ2v) is 8.24. The van der Waals surface area contributed by atoms with Crippen molar-refractivity contribution in [2.75, 3.05) is 5.32 Å². The number of anilines is 1. The van der Waals surface area contributed by atoms with Crippen LogP contribution in [0.5, 0.6) is 0 Å². The molecule has 0 spiro atoms. The molecule has 1 N–H and O–H groups in total. The van der Waals surface area contributed by atoms with Crippen LogP contribution in [0.4, 0.5) is 5.69 Å². The summed E-state index contributed by atoms with van der Waals surface area (Å²) in [6.45, 7) is 2.35. The molecule has 4 fully saturated rings. The van der Waals surface area contributed by atoms with Crippen molar-refractivity contribution in [1.29, 1.82) is 0 Å². The van der Waals surface area contributed by atoms with Gasteiger partial charge < -0.3 is 5.32 Å². The molecule has 4 bridgehead atoms. The molecule has 4 aliphatic carbocycles. The number of rotatable bonds is 5. The number of hydrogen-bond acceptors (Lipinski definition) is 1. The number of nitrogens with one attached hydrogen (secondary N) is 1. The lowest BCUT2D eigenvalue weighted by Gasteiger charge is -2.57. The molecular weight excluding hydrogens is 254 g/mol. The van der Waals surface area contributed by atoms with Gasteiger partial charge in [-0.25, -0.2) is 0 Å². The van der Waals surface area contributed by atoms with Crippen molar-refractivity contribution in [2.45, 2.75) is 64.3 Å². The van der Waals surface area contributed by atoms with E-state index in [1.807, 2.05) is 0 Å². The molecule has 1 heteroatoms. The minimum atomic E-state index is 0.656. The summed E-state index contributed by atoms with van der Waals surface area (Å²) in [7, 11) is 0. The molecular formula is C20H29N. The Labute approximate surface area is 129 Å². The monoisotopic (exact) mass is 283 g/mol. The van der Waals surface area contributed by atoms with E-state index in [1.54, 1.807) is 19.3 Å². The Morgan fingerprint density at radius 1 is 1.00 bits per heavy atom. The third-order valence-corrected chi connectivity index (χ3v) is 6.48. The van der Waals surface area contributed by atoms with Crippen molar-refractivity contribution in [1.82, 2.24) is 0 Å². The zero-order chi connectivity index (χ0) is 14.3. The predicted molar refractivity (Wildman–Crippen MR) is 89.4 cm³/mol. The van der Waals surface area contributed by atoms with Crippen LogP contribution < -0.4 is 5.32 Å². The molecule has 1 aromatic carbocycles. The minimum Gasteiger partial charge on any atom is -0.382 e. The van der Waals surface area contributed by atoms with Crippen LogP contribution in [0.15, 0.2) is 30.3 Å². The summed E-state index contributed by atoms with van der Waals surface area (Å²) in [5.41, 5.74) is 1.99. The summed E-state index contributed by atoms with van der Waals surface area (Å²) >= 11 is 0. The van der Waals surface area contributed by atoms with E-state index in [4.69, 9.17) is 0 Å². The SMILES string of the molecule is CCC(CC12CC3CC(CC(C3)C1)C2)Nc1ccccc1. The number of benzene rings is 1. The molecule has 0 heterocycles. The van der Waals surface area contributed by atoms with Crippen molar-refractivity contribution in [3.8, 4) is 0 Å². The molecule has 4 aliphatic rings. The zero-order valence-corrected chi connectivity index (χ0v) is 13.4. The average molecular weight is 283 g/mol. The van der Waals surface area contributed by atoms with Crippen molar-refractivity contribution >= 4 is 5.69 Å². The number of hydrogen-bond donors (Lipinski definition) is 1. The van der Waals surface area contributed by atoms with E-state index < -0.39 is 0 Å². The Morgan fingerprint density at radius 3 is 2.10 bits per heavy atom. The second-order valence-electron chi connectivity index (χ2n) is 8.24. The molecule has 1 unspecified atom stereocenters. The molecule has 1 nitrogen and oxygen atoms in total. The number of para-hydroxylation sites is 1. The highest BCUT2D eigenvalue weighted by Crippen LogP contribution is 2.61. The minimum absolute atomic E-state index is 0.656. The van der Waals surface area contributed by atoms with E-state index >= 15 is 0 Å². The fraction of sp³-hybridized carbons (Fsp3) is 0.700. The van der Waals surface area contributed by atoms with Crippen molar-refractivity contribution in [3.05, 3.63) is 30.3 Å². The van der Waals surface area contributed by atoms with Crippen LogP contribution in [0.2, 0.25) is 0 Å². The van der Waals surface area contributed by atoms with Gasteiger partial charge in [0.05, 0.1) is 0 Å². The van der Waals surface area contributed by atoms with Crippen LogP contribution >= 0.6 is 0 Å². The highest BCUT2D eigenvalue weighted by Gasteiger charge is 2.51. The first-order valence-corrected chi connectivity index (χ1v) is 9.06. The third-order valence-electron chi connectivity index (χ3n) is 6.48. The standard InChI is InChI=1S/C20H29N/c1-2-18(21-19-6-4-3-5-7-19)14-20-11-15-8-16(12-20)10-17(9-15)13-20/h3-7,15-18,21H,2,8-14H2,1H3. The highest BCUT2D eigenvalue weighted by atomic mass is 14.9. The Balaban J connectivity index is 1.46. The first-order valence-electron chi connectivity index (χ1n) is 9.06. The lowest BCUT2D eigenvalue weighted by Crippen LogP contribution is -2.48. The van der Waals surface area contributed by atoms with E-state index in [0.717, 1.165) is 17.8 Å². The fourth-order valence-corrected chi connectivity index (χ4v) is 6.13. The van der Waals surface area contributed by atoms with Gasteiger partial charge in [0.2, 0.25) is 0 Å². The van der Waals surface area contributed by atoms with Gasteiger partial charge in [-0.2, -0.15) is 0 Å². The van der Waals surface area contributed by atoms with Crippen LogP contribution in [0.3, 0.4) is 0 Å². The van der Waals surface area contributed by atoms with E-state index in [0.29, 0.717) is 11.5 Å². The fourth-order valence-electron chi connectivity index (χ4n) is 6.13. The first kappa shape index (κ1) is 13.7. The Kier molecular flexibility index (Phi) is 3.47. The molecule has 21 heavy (non-hydrogen) atoms. The Bertz CT molecular complexity index is 443. The van der Waals surface area contributed by atoms with Gasteiger partial charge >= 0.3 is 0 Å². The van der Waals surface area contributed by atoms with E-state index in [2.05, 4.69) is 42.6 Å². The lowest BCUT2D eigenvalue weighted by molar-refractivity contribution is -0.0595. The van der Waals surface area contributed by atoms with E-state index in [9.17, 15) is 0 Å². The molecule has 4 saturated carbocycles. The maximum Gasteiger partial charge on any atom is 0.0342 e. The first-order chi connectivity index (χ1) is 10.2. The third kappa shape index (κ3) is 2.72. The van der Waals surface area contributed by atoms with Gasteiger partial charge in [-0.1, -0.05) is 25.1 Å². The second kappa shape index (κ2) is 5.34. The normalized spacial score (nSPS) is 38.4. The molecule has 0 aliphatic heterocycles. The Morgan fingerprint density at radius 2 is 1.57 bits per heavy atom. The predicted octanol–water partition coefficient (Wildman–Crippen LogP) is 5.48. The summed E-state index contributed by atoms with van der Waals surface area (Å²) < 4.78 is 0. The lowest BCUT2D eigenvalue weighted by atomic mass is 9.48. The quantitative estimate of drug-likeness (QED) is 0.754. The van der Waals surface area contributed by atoms with Gasteiger partial charge in [-0.15, -0.1) is 0 Å². The molecule has 0 radical (unpaired) electrons. The zero-order valence-electron chi connectivity index (χ0n) is 13.4. The summed E-state index contributed by atoms with van der Waals surface area (Å²) in [6.07, 6.45) is 11.9. The topological polar surface area (TPSA) is 12.0 Å². The molecule has 0 amide bonds. The van der Waals surface area contributed by atoms with Crippen LogP contribution in [-0.2, 0) is 0 Å². The molecule has 114 valence electrons. The smallest absolute Gasteiger partial charge is 0.0342 e. The summed E-state index contributed by atoms with van der Waals surface area (Å²) in [6, 6.07) is 11.5. The molecule has 5 rings (SSSR count). The Hall–Kier alpha value is -0.980.